The minimum absolute atomic E-state index is 0. The molecule has 1 aromatic rings. The van der Waals surface area contributed by atoms with Crippen LogP contribution in [0.3, 0.4) is 0 Å². The summed E-state index contributed by atoms with van der Waals surface area (Å²) in [5.74, 6) is 1.22. The highest BCUT2D eigenvalue weighted by molar-refractivity contribution is 5.85. The van der Waals surface area contributed by atoms with Crippen LogP contribution in [0.15, 0.2) is 24.3 Å². The first-order valence-corrected chi connectivity index (χ1v) is 9.18. The summed E-state index contributed by atoms with van der Waals surface area (Å²) >= 11 is 0. The van der Waals surface area contributed by atoms with Gasteiger partial charge in [0.05, 0.1) is 6.04 Å². The number of hydrogen-bond donors (Lipinski definition) is 1. The zero-order valence-corrected chi connectivity index (χ0v) is 15.7. The fourth-order valence-electron chi connectivity index (χ4n) is 4.40. The summed E-state index contributed by atoms with van der Waals surface area (Å²) in [5, 5.41) is 0. The minimum Gasteiger partial charge on any atom is -0.335 e. The molecule has 1 saturated carbocycles. The van der Waals surface area contributed by atoms with Gasteiger partial charge < -0.3 is 10.6 Å². The summed E-state index contributed by atoms with van der Waals surface area (Å²) in [4.78, 5) is 15.1. The molecule has 2 aliphatic rings. The Kier molecular flexibility index (Phi) is 6.70. The second-order valence-electron chi connectivity index (χ2n) is 7.62. The zero-order chi connectivity index (χ0) is 16.4. The molecule has 4 heteroatoms. The second kappa shape index (κ2) is 8.35. The van der Waals surface area contributed by atoms with Gasteiger partial charge in [-0.05, 0) is 50.0 Å². The number of aryl methyl sites for hydroxylation is 1. The third kappa shape index (κ3) is 4.12. The molecule has 1 aliphatic carbocycles. The lowest BCUT2D eigenvalue weighted by atomic mass is 9.85. The van der Waals surface area contributed by atoms with Crippen molar-refractivity contribution >= 4 is 18.3 Å². The average Bonchev–Trinajstić information content (AvgIpc) is 2.93. The largest absolute Gasteiger partial charge is 0.335 e. The van der Waals surface area contributed by atoms with E-state index in [0.29, 0.717) is 24.2 Å². The Morgan fingerprint density at radius 1 is 1.17 bits per heavy atom. The second-order valence-corrected chi connectivity index (χ2v) is 7.62. The number of nitrogens with two attached hydrogens (primary N) is 1. The van der Waals surface area contributed by atoms with E-state index in [1.807, 2.05) is 0 Å². The van der Waals surface area contributed by atoms with Gasteiger partial charge >= 0.3 is 0 Å². The SMILES string of the molecule is Cc1ccc(C2C(C)CCCN2C(=O)C[C@@H]2CCC[C@H]2N)cc1.Cl. The van der Waals surface area contributed by atoms with Gasteiger partial charge in [0.15, 0.2) is 0 Å². The van der Waals surface area contributed by atoms with Crippen LogP contribution in [-0.4, -0.2) is 23.4 Å². The maximum absolute atomic E-state index is 13.0. The van der Waals surface area contributed by atoms with Crippen molar-refractivity contribution in [3.05, 3.63) is 35.4 Å². The Morgan fingerprint density at radius 2 is 1.88 bits per heavy atom. The fourth-order valence-corrected chi connectivity index (χ4v) is 4.40. The molecule has 24 heavy (non-hydrogen) atoms. The van der Waals surface area contributed by atoms with E-state index in [9.17, 15) is 4.79 Å². The molecule has 1 aromatic carbocycles. The van der Waals surface area contributed by atoms with Crippen LogP contribution in [0.4, 0.5) is 0 Å². The molecule has 0 aromatic heterocycles. The lowest BCUT2D eigenvalue weighted by Crippen LogP contribution is -2.43. The Hall–Kier alpha value is -1.06. The van der Waals surface area contributed by atoms with Gasteiger partial charge in [-0.15, -0.1) is 12.4 Å². The Balaban J connectivity index is 0.00000208. The number of halogens is 1. The molecule has 3 rings (SSSR count). The van der Waals surface area contributed by atoms with Crippen molar-refractivity contribution in [2.24, 2.45) is 17.6 Å². The van der Waals surface area contributed by atoms with E-state index in [1.54, 1.807) is 0 Å². The first kappa shape index (κ1) is 19.3. The third-order valence-corrected chi connectivity index (χ3v) is 5.83. The number of nitrogens with zero attached hydrogens (tertiary/aromatic N) is 1. The van der Waals surface area contributed by atoms with Crippen molar-refractivity contribution in [1.29, 1.82) is 0 Å². The van der Waals surface area contributed by atoms with Crippen molar-refractivity contribution in [1.82, 2.24) is 4.90 Å². The fraction of sp³-hybridized carbons (Fsp3) is 0.650. The number of amides is 1. The quantitative estimate of drug-likeness (QED) is 0.886. The first-order valence-electron chi connectivity index (χ1n) is 9.18. The number of carbonyl (C=O) groups excluding carboxylic acids is 1. The average molecular weight is 351 g/mol. The van der Waals surface area contributed by atoms with Crippen LogP contribution < -0.4 is 5.73 Å². The van der Waals surface area contributed by atoms with Crippen molar-refractivity contribution in [3.8, 4) is 0 Å². The first-order chi connectivity index (χ1) is 11.1. The molecular formula is C20H31ClN2O. The van der Waals surface area contributed by atoms with Gasteiger partial charge in [0.1, 0.15) is 0 Å². The van der Waals surface area contributed by atoms with Gasteiger partial charge in [-0.3, -0.25) is 4.79 Å². The van der Waals surface area contributed by atoms with Crippen LogP contribution >= 0.6 is 12.4 Å². The monoisotopic (exact) mass is 350 g/mol. The number of rotatable bonds is 3. The molecule has 2 fully saturated rings. The van der Waals surface area contributed by atoms with E-state index in [0.717, 1.165) is 25.8 Å². The van der Waals surface area contributed by atoms with Crippen LogP contribution in [0.1, 0.15) is 62.6 Å². The number of piperidine rings is 1. The third-order valence-electron chi connectivity index (χ3n) is 5.83. The van der Waals surface area contributed by atoms with E-state index in [1.165, 1.54) is 24.0 Å². The maximum Gasteiger partial charge on any atom is 0.223 e. The van der Waals surface area contributed by atoms with E-state index < -0.39 is 0 Å². The van der Waals surface area contributed by atoms with Gasteiger partial charge in [-0.25, -0.2) is 0 Å². The Labute approximate surface area is 152 Å². The number of benzene rings is 1. The van der Waals surface area contributed by atoms with E-state index >= 15 is 0 Å². The minimum atomic E-state index is 0. The van der Waals surface area contributed by atoms with Crippen molar-refractivity contribution < 1.29 is 4.79 Å². The number of hydrogen-bond acceptors (Lipinski definition) is 2. The summed E-state index contributed by atoms with van der Waals surface area (Å²) in [6, 6.07) is 9.17. The summed E-state index contributed by atoms with van der Waals surface area (Å²) in [5.41, 5.74) is 8.73. The van der Waals surface area contributed by atoms with Crippen LogP contribution in [0.5, 0.6) is 0 Å². The lowest BCUT2D eigenvalue weighted by molar-refractivity contribution is -0.137. The van der Waals surface area contributed by atoms with Gasteiger partial charge in [-0.1, -0.05) is 43.2 Å². The van der Waals surface area contributed by atoms with Gasteiger partial charge in [0.2, 0.25) is 5.91 Å². The molecule has 2 unspecified atom stereocenters. The number of likely N-dealkylation sites (tertiary alicyclic amines) is 1. The van der Waals surface area contributed by atoms with Crippen LogP contribution in [0.25, 0.3) is 0 Å². The molecule has 1 aliphatic heterocycles. The summed E-state index contributed by atoms with van der Waals surface area (Å²) in [6.07, 6.45) is 6.33. The van der Waals surface area contributed by atoms with Crippen LogP contribution in [-0.2, 0) is 4.79 Å². The van der Waals surface area contributed by atoms with Gasteiger partial charge in [0, 0.05) is 19.0 Å². The van der Waals surface area contributed by atoms with E-state index in [4.69, 9.17) is 5.73 Å². The lowest BCUT2D eigenvalue weighted by Gasteiger charge is -2.41. The van der Waals surface area contributed by atoms with Gasteiger partial charge in [0.25, 0.3) is 0 Å². The van der Waals surface area contributed by atoms with Crippen molar-refractivity contribution in [2.45, 2.75) is 64.5 Å². The molecule has 4 atom stereocenters. The van der Waals surface area contributed by atoms with Crippen LogP contribution in [0.2, 0.25) is 0 Å². The summed E-state index contributed by atoms with van der Waals surface area (Å²) in [6.45, 7) is 5.29. The molecular weight excluding hydrogens is 320 g/mol. The molecule has 1 heterocycles. The Bertz CT molecular complexity index is 545. The molecule has 134 valence electrons. The standard InChI is InChI=1S/C20H30N2O.ClH/c1-14-8-10-16(11-9-14)20-15(2)5-4-12-22(20)19(23)13-17-6-3-7-18(17)21;/h8-11,15,17-18,20H,3-7,12-13,21H2,1-2H3;1H/t15?,17-,18+,20?;/m0./s1. The normalized spacial score (nSPS) is 30.0. The molecule has 0 bridgehead atoms. The Morgan fingerprint density at radius 3 is 2.50 bits per heavy atom. The molecule has 0 spiro atoms. The predicted molar refractivity (Wildman–Crippen MR) is 101 cm³/mol. The smallest absolute Gasteiger partial charge is 0.223 e. The summed E-state index contributed by atoms with van der Waals surface area (Å²) in [7, 11) is 0. The molecule has 3 nitrogen and oxygen atoms in total. The highest BCUT2D eigenvalue weighted by Gasteiger charge is 2.35. The predicted octanol–water partition coefficient (Wildman–Crippen LogP) is 4.23. The highest BCUT2D eigenvalue weighted by Crippen LogP contribution is 2.37. The molecule has 2 N–H and O–H groups in total. The van der Waals surface area contributed by atoms with Crippen molar-refractivity contribution in [2.75, 3.05) is 6.54 Å². The number of carbonyl (C=O) groups is 1. The summed E-state index contributed by atoms with van der Waals surface area (Å²) < 4.78 is 0. The van der Waals surface area contributed by atoms with E-state index in [2.05, 4.69) is 43.0 Å². The highest BCUT2D eigenvalue weighted by atomic mass is 35.5. The van der Waals surface area contributed by atoms with Gasteiger partial charge in [-0.2, -0.15) is 0 Å². The van der Waals surface area contributed by atoms with E-state index in [-0.39, 0.29) is 24.5 Å². The maximum atomic E-state index is 13.0. The topological polar surface area (TPSA) is 46.3 Å². The molecule has 1 amide bonds. The molecule has 0 radical (unpaired) electrons. The molecule has 1 saturated heterocycles. The van der Waals surface area contributed by atoms with Crippen LogP contribution in [0, 0.1) is 18.8 Å². The van der Waals surface area contributed by atoms with Crippen molar-refractivity contribution in [3.63, 3.8) is 0 Å². The zero-order valence-electron chi connectivity index (χ0n) is 14.9.